The van der Waals surface area contributed by atoms with Gasteiger partial charge in [-0.2, -0.15) is 0 Å². The van der Waals surface area contributed by atoms with Crippen molar-refractivity contribution >= 4 is 10.9 Å². The SMILES string of the molecule is C#CCN1CCC(NCc2ccc3c(c2)cc(-c2ccccc2)n3C2CO2)CC1. The van der Waals surface area contributed by atoms with Gasteiger partial charge in [0.25, 0.3) is 0 Å². The van der Waals surface area contributed by atoms with Crippen LogP contribution in [-0.2, 0) is 11.3 Å². The second-order valence-electron chi connectivity index (χ2n) is 8.08. The van der Waals surface area contributed by atoms with E-state index in [0.717, 1.165) is 45.6 Å². The first-order valence-electron chi connectivity index (χ1n) is 10.5. The van der Waals surface area contributed by atoms with Crippen LogP contribution in [0.4, 0.5) is 0 Å². The highest BCUT2D eigenvalue weighted by Crippen LogP contribution is 2.37. The highest BCUT2D eigenvalue weighted by Gasteiger charge is 2.29. The molecule has 3 heterocycles. The Balaban J connectivity index is 1.33. The zero-order valence-electron chi connectivity index (χ0n) is 16.7. The zero-order valence-corrected chi connectivity index (χ0v) is 16.7. The summed E-state index contributed by atoms with van der Waals surface area (Å²) in [6.45, 7) is 4.65. The lowest BCUT2D eigenvalue weighted by molar-refractivity contribution is 0.217. The van der Waals surface area contributed by atoms with Gasteiger partial charge in [-0.25, -0.2) is 0 Å². The molecule has 1 atom stereocenters. The van der Waals surface area contributed by atoms with Gasteiger partial charge in [0, 0.05) is 31.1 Å². The Morgan fingerprint density at radius 3 is 2.59 bits per heavy atom. The van der Waals surface area contributed by atoms with Crippen LogP contribution >= 0.6 is 0 Å². The van der Waals surface area contributed by atoms with Crippen LogP contribution in [-0.4, -0.2) is 41.8 Å². The van der Waals surface area contributed by atoms with Crippen molar-refractivity contribution < 1.29 is 4.74 Å². The van der Waals surface area contributed by atoms with Gasteiger partial charge in [0.15, 0.2) is 6.23 Å². The van der Waals surface area contributed by atoms with Crippen LogP contribution in [0.3, 0.4) is 0 Å². The molecule has 2 aliphatic heterocycles. The number of ether oxygens (including phenoxy) is 1. The van der Waals surface area contributed by atoms with E-state index in [-0.39, 0.29) is 6.23 Å². The second kappa shape index (κ2) is 8.04. The van der Waals surface area contributed by atoms with E-state index in [1.54, 1.807) is 0 Å². The molecule has 4 nitrogen and oxygen atoms in total. The van der Waals surface area contributed by atoms with Crippen LogP contribution < -0.4 is 5.32 Å². The Labute approximate surface area is 172 Å². The van der Waals surface area contributed by atoms with Crippen molar-refractivity contribution in [3.63, 3.8) is 0 Å². The summed E-state index contributed by atoms with van der Waals surface area (Å²) in [7, 11) is 0. The van der Waals surface area contributed by atoms with E-state index in [1.165, 1.54) is 27.7 Å². The van der Waals surface area contributed by atoms with E-state index in [0.29, 0.717) is 6.04 Å². The fraction of sp³-hybridized carbons (Fsp3) is 0.360. The third kappa shape index (κ3) is 3.95. The Morgan fingerprint density at radius 2 is 1.86 bits per heavy atom. The number of hydrogen-bond acceptors (Lipinski definition) is 3. The number of epoxide rings is 1. The molecule has 2 aliphatic rings. The molecule has 148 valence electrons. The monoisotopic (exact) mass is 385 g/mol. The summed E-state index contributed by atoms with van der Waals surface area (Å²) in [5.41, 5.74) is 5.04. The standard InChI is InChI=1S/C25H27N3O/c1-2-12-27-13-10-22(11-14-27)26-17-19-8-9-23-21(15-19)16-24(28(23)25-18-29-25)20-6-4-3-5-7-20/h1,3-9,15-16,22,25-26H,10-14,17-18H2. The molecule has 0 saturated carbocycles. The number of likely N-dealkylation sites (tertiary alicyclic amines) is 1. The molecule has 5 rings (SSSR count). The lowest BCUT2D eigenvalue weighted by atomic mass is 10.0. The summed E-state index contributed by atoms with van der Waals surface area (Å²) >= 11 is 0. The lowest BCUT2D eigenvalue weighted by Crippen LogP contribution is -2.42. The van der Waals surface area contributed by atoms with E-state index in [1.807, 2.05) is 0 Å². The fourth-order valence-corrected chi connectivity index (χ4v) is 4.42. The van der Waals surface area contributed by atoms with E-state index in [9.17, 15) is 0 Å². The van der Waals surface area contributed by atoms with Gasteiger partial charge in [0.2, 0.25) is 0 Å². The molecule has 2 saturated heterocycles. The Bertz CT molecular complexity index is 1020. The van der Waals surface area contributed by atoms with Crippen molar-refractivity contribution in [2.24, 2.45) is 0 Å². The van der Waals surface area contributed by atoms with E-state index < -0.39 is 0 Å². The number of hydrogen-bond donors (Lipinski definition) is 1. The van der Waals surface area contributed by atoms with Crippen molar-refractivity contribution in [1.29, 1.82) is 0 Å². The first-order chi connectivity index (χ1) is 14.3. The Hall–Kier alpha value is -2.58. The smallest absolute Gasteiger partial charge is 0.158 e. The van der Waals surface area contributed by atoms with Gasteiger partial charge in [-0.05, 0) is 42.2 Å². The molecule has 0 bridgehead atoms. The summed E-state index contributed by atoms with van der Waals surface area (Å²) in [6, 6.07) is 20.3. The molecule has 3 aromatic rings. The molecule has 1 N–H and O–H groups in total. The number of nitrogens with zero attached hydrogens (tertiary/aromatic N) is 2. The summed E-state index contributed by atoms with van der Waals surface area (Å²) in [5, 5.41) is 5.02. The molecule has 2 fully saturated rings. The summed E-state index contributed by atoms with van der Waals surface area (Å²) in [4.78, 5) is 2.36. The van der Waals surface area contributed by atoms with Crippen LogP contribution in [0.2, 0.25) is 0 Å². The van der Waals surface area contributed by atoms with Crippen molar-refractivity contribution in [1.82, 2.24) is 14.8 Å². The quantitative estimate of drug-likeness (QED) is 0.514. The van der Waals surface area contributed by atoms with Crippen LogP contribution in [0.25, 0.3) is 22.2 Å². The van der Waals surface area contributed by atoms with Crippen molar-refractivity contribution in [3.8, 4) is 23.6 Å². The summed E-state index contributed by atoms with van der Waals surface area (Å²) in [5.74, 6) is 2.75. The molecule has 0 aliphatic carbocycles. The minimum atomic E-state index is 0.167. The van der Waals surface area contributed by atoms with E-state index in [2.05, 4.69) is 75.3 Å². The molecule has 4 heteroatoms. The average molecular weight is 386 g/mol. The lowest BCUT2D eigenvalue weighted by Gasteiger charge is -2.31. The van der Waals surface area contributed by atoms with Crippen LogP contribution in [0.1, 0.15) is 24.6 Å². The molecular formula is C25H27N3O. The molecule has 29 heavy (non-hydrogen) atoms. The van der Waals surface area contributed by atoms with Crippen LogP contribution in [0, 0.1) is 12.3 Å². The predicted molar refractivity (Wildman–Crippen MR) is 117 cm³/mol. The van der Waals surface area contributed by atoms with E-state index >= 15 is 0 Å². The van der Waals surface area contributed by atoms with Gasteiger partial charge >= 0.3 is 0 Å². The number of piperidine rings is 1. The van der Waals surface area contributed by atoms with Gasteiger partial charge in [-0.3, -0.25) is 4.90 Å². The molecule has 0 spiro atoms. The number of nitrogens with one attached hydrogen (secondary N) is 1. The summed E-state index contributed by atoms with van der Waals surface area (Å²) in [6.07, 6.45) is 7.92. The second-order valence-corrected chi connectivity index (χ2v) is 8.08. The topological polar surface area (TPSA) is 32.7 Å². The maximum Gasteiger partial charge on any atom is 0.158 e. The fourth-order valence-electron chi connectivity index (χ4n) is 4.42. The normalized spacial score (nSPS) is 20.0. The number of rotatable bonds is 6. The minimum absolute atomic E-state index is 0.167. The third-order valence-corrected chi connectivity index (χ3v) is 6.07. The van der Waals surface area contributed by atoms with Crippen LogP contribution in [0.15, 0.2) is 54.6 Å². The maximum absolute atomic E-state index is 5.64. The van der Waals surface area contributed by atoms with E-state index in [4.69, 9.17) is 11.2 Å². The van der Waals surface area contributed by atoms with Gasteiger partial charge < -0.3 is 14.6 Å². The number of terminal acetylenes is 1. The van der Waals surface area contributed by atoms with Gasteiger partial charge in [-0.1, -0.05) is 42.3 Å². The maximum atomic E-state index is 5.64. The Morgan fingerprint density at radius 1 is 1.07 bits per heavy atom. The first-order valence-corrected chi connectivity index (χ1v) is 10.5. The number of aromatic nitrogens is 1. The highest BCUT2D eigenvalue weighted by atomic mass is 16.6. The van der Waals surface area contributed by atoms with Gasteiger partial charge in [0.05, 0.1) is 24.4 Å². The van der Waals surface area contributed by atoms with Gasteiger partial charge in [-0.15, -0.1) is 6.42 Å². The molecule has 1 aromatic heterocycles. The number of benzene rings is 2. The molecule has 1 unspecified atom stereocenters. The third-order valence-electron chi connectivity index (χ3n) is 6.07. The Kier molecular flexibility index (Phi) is 5.12. The van der Waals surface area contributed by atoms with Crippen molar-refractivity contribution in [3.05, 3.63) is 60.2 Å². The largest absolute Gasteiger partial charge is 0.351 e. The average Bonchev–Trinajstić information content (AvgIpc) is 3.53. The molecule has 0 radical (unpaired) electrons. The number of fused-ring (bicyclic) bond motifs is 1. The van der Waals surface area contributed by atoms with Crippen LogP contribution in [0.5, 0.6) is 0 Å². The predicted octanol–water partition coefficient (Wildman–Crippen LogP) is 4.02. The van der Waals surface area contributed by atoms with Crippen molar-refractivity contribution in [2.45, 2.75) is 31.7 Å². The molecule has 0 amide bonds. The zero-order chi connectivity index (χ0) is 19.6. The minimum Gasteiger partial charge on any atom is -0.351 e. The molecular weight excluding hydrogens is 358 g/mol. The highest BCUT2D eigenvalue weighted by molar-refractivity contribution is 5.88. The van der Waals surface area contributed by atoms with Crippen molar-refractivity contribution in [2.75, 3.05) is 26.2 Å². The molecule has 2 aromatic carbocycles. The summed E-state index contributed by atoms with van der Waals surface area (Å²) < 4.78 is 7.98. The first kappa shape index (κ1) is 18.4. The van der Waals surface area contributed by atoms with Gasteiger partial charge in [0.1, 0.15) is 0 Å².